The maximum Gasteiger partial charge on any atom is 0.0300 e. The fourth-order valence-electron chi connectivity index (χ4n) is 2.94. The van der Waals surface area contributed by atoms with Gasteiger partial charge >= 0.3 is 0 Å². The van der Waals surface area contributed by atoms with Crippen LogP contribution in [0.15, 0.2) is 12.1 Å². The Hall–Kier alpha value is -0.380. The van der Waals surface area contributed by atoms with E-state index in [0.717, 1.165) is 19.5 Å². The monoisotopic (exact) mass is 266 g/mol. The van der Waals surface area contributed by atoms with Crippen LogP contribution in [0.1, 0.15) is 42.9 Å². The number of hydrogen-bond acceptors (Lipinski definition) is 3. The van der Waals surface area contributed by atoms with Crippen LogP contribution in [0.2, 0.25) is 0 Å². The highest BCUT2D eigenvalue weighted by atomic mass is 32.1. The van der Waals surface area contributed by atoms with Crippen molar-refractivity contribution < 1.29 is 0 Å². The van der Waals surface area contributed by atoms with E-state index in [4.69, 9.17) is 0 Å². The van der Waals surface area contributed by atoms with Crippen molar-refractivity contribution in [2.45, 2.75) is 46.1 Å². The molecular formula is C15H26N2S. The molecule has 1 fully saturated rings. The molecule has 1 aliphatic heterocycles. The van der Waals surface area contributed by atoms with Gasteiger partial charge in [-0.3, -0.25) is 0 Å². The minimum absolute atomic E-state index is 0.513. The van der Waals surface area contributed by atoms with Gasteiger partial charge in [-0.05, 0) is 43.4 Å². The zero-order valence-electron chi connectivity index (χ0n) is 11.7. The van der Waals surface area contributed by atoms with Gasteiger partial charge in [-0.15, -0.1) is 11.3 Å². The van der Waals surface area contributed by atoms with Crippen LogP contribution < -0.4 is 10.6 Å². The van der Waals surface area contributed by atoms with Crippen LogP contribution in [0.4, 0.5) is 0 Å². The minimum atomic E-state index is 0.513. The van der Waals surface area contributed by atoms with Crippen LogP contribution in [-0.2, 0) is 13.0 Å². The van der Waals surface area contributed by atoms with Crippen LogP contribution in [-0.4, -0.2) is 19.6 Å². The van der Waals surface area contributed by atoms with Crippen LogP contribution in [0.25, 0.3) is 0 Å². The first-order valence-corrected chi connectivity index (χ1v) is 8.09. The Morgan fingerprint density at radius 1 is 1.33 bits per heavy atom. The molecule has 0 spiro atoms. The SMILES string of the molecule is CCCC1(CNCc2ccc(CC)s2)CCNC1. The molecule has 3 heteroatoms. The predicted molar refractivity (Wildman–Crippen MR) is 80.2 cm³/mol. The zero-order valence-corrected chi connectivity index (χ0v) is 12.5. The maximum absolute atomic E-state index is 3.68. The van der Waals surface area contributed by atoms with Crippen molar-refractivity contribution in [1.29, 1.82) is 0 Å². The summed E-state index contributed by atoms with van der Waals surface area (Å²) in [6.07, 6.45) is 5.13. The van der Waals surface area contributed by atoms with Crippen molar-refractivity contribution in [1.82, 2.24) is 10.6 Å². The predicted octanol–water partition coefficient (Wildman–Crippen LogP) is 3.18. The first kappa shape index (κ1) is 14.0. The Morgan fingerprint density at radius 3 is 2.78 bits per heavy atom. The van der Waals surface area contributed by atoms with Crippen molar-refractivity contribution in [3.63, 3.8) is 0 Å². The van der Waals surface area contributed by atoms with Crippen LogP contribution in [0.5, 0.6) is 0 Å². The summed E-state index contributed by atoms with van der Waals surface area (Å²) < 4.78 is 0. The van der Waals surface area contributed by atoms with E-state index >= 15 is 0 Å². The van der Waals surface area contributed by atoms with Crippen molar-refractivity contribution in [2.75, 3.05) is 19.6 Å². The molecule has 1 aromatic heterocycles. The highest BCUT2D eigenvalue weighted by Crippen LogP contribution is 2.30. The fraction of sp³-hybridized carbons (Fsp3) is 0.733. The zero-order chi connectivity index (χ0) is 12.8. The topological polar surface area (TPSA) is 24.1 Å². The molecule has 2 rings (SSSR count). The van der Waals surface area contributed by atoms with Gasteiger partial charge in [-0.25, -0.2) is 0 Å². The van der Waals surface area contributed by atoms with Crippen molar-refractivity contribution in [3.8, 4) is 0 Å². The molecule has 18 heavy (non-hydrogen) atoms. The molecule has 1 aromatic rings. The molecule has 2 nitrogen and oxygen atoms in total. The molecule has 0 saturated carbocycles. The highest BCUT2D eigenvalue weighted by molar-refractivity contribution is 7.11. The van der Waals surface area contributed by atoms with E-state index in [2.05, 4.69) is 36.6 Å². The fourth-order valence-corrected chi connectivity index (χ4v) is 3.86. The van der Waals surface area contributed by atoms with E-state index in [1.807, 2.05) is 11.3 Å². The summed E-state index contributed by atoms with van der Waals surface area (Å²) in [6, 6.07) is 4.54. The lowest BCUT2D eigenvalue weighted by Crippen LogP contribution is -2.35. The lowest BCUT2D eigenvalue weighted by atomic mass is 9.82. The van der Waals surface area contributed by atoms with Crippen molar-refractivity contribution >= 4 is 11.3 Å². The van der Waals surface area contributed by atoms with Gasteiger partial charge in [0.05, 0.1) is 0 Å². The van der Waals surface area contributed by atoms with Gasteiger partial charge in [0.2, 0.25) is 0 Å². The second kappa shape index (κ2) is 6.69. The molecule has 0 radical (unpaired) electrons. The Kier molecular flexibility index (Phi) is 5.22. The molecule has 102 valence electrons. The summed E-state index contributed by atoms with van der Waals surface area (Å²) >= 11 is 1.95. The van der Waals surface area contributed by atoms with E-state index < -0.39 is 0 Å². The molecule has 0 bridgehead atoms. The van der Waals surface area contributed by atoms with Gasteiger partial charge in [-0.2, -0.15) is 0 Å². The third kappa shape index (κ3) is 3.56. The molecule has 0 amide bonds. The number of aryl methyl sites for hydroxylation is 1. The number of hydrogen-bond donors (Lipinski definition) is 2. The first-order valence-electron chi connectivity index (χ1n) is 7.27. The lowest BCUT2D eigenvalue weighted by Gasteiger charge is -2.28. The summed E-state index contributed by atoms with van der Waals surface area (Å²) in [6.45, 7) is 9.11. The Bertz CT molecular complexity index is 353. The molecule has 1 unspecified atom stereocenters. The smallest absolute Gasteiger partial charge is 0.0300 e. The van der Waals surface area contributed by atoms with Crippen molar-refractivity contribution in [3.05, 3.63) is 21.9 Å². The molecule has 0 aromatic carbocycles. The maximum atomic E-state index is 3.68. The largest absolute Gasteiger partial charge is 0.316 e. The molecule has 1 aliphatic rings. The Balaban J connectivity index is 1.79. The first-order chi connectivity index (χ1) is 8.78. The second-order valence-corrected chi connectivity index (χ2v) is 6.75. The van der Waals surface area contributed by atoms with E-state index in [1.54, 1.807) is 0 Å². The van der Waals surface area contributed by atoms with Crippen LogP contribution in [0, 0.1) is 5.41 Å². The highest BCUT2D eigenvalue weighted by Gasteiger charge is 2.32. The average molecular weight is 266 g/mol. The summed E-state index contributed by atoms with van der Waals surface area (Å²) in [4.78, 5) is 2.97. The van der Waals surface area contributed by atoms with Crippen LogP contribution >= 0.6 is 11.3 Å². The molecule has 0 aliphatic carbocycles. The van der Waals surface area contributed by atoms with Gasteiger partial charge < -0.3 is 10.6 Å². The summed E-state index contributed by atoms with van der Waals surface area (Å²) in [5.41, 5.74) is 0.513. The number of nitrogens with one attached hydrogen (secondary N) is 2. The third-order valence-corrected chi connectivity index (χ3v) is 5.21. The second-order valence-electron chi connectivity index (χ2n) is 5.50. The van der Waals surface area contributed by atoms with E-state index in [-0.39, 0.29) is 0 Å². The normalized spacial score (nSPS) is 23.7. The molecule has 1 saturated heterocycles. The van der Waals surface area contributed by atoms with Gasteiger partial charge in [0.25, 0.3) is 0 Å². The van der Waals surface area contributed by atoms with Crippen LogP contribution in [0.3, 0.4) is 0 Å². The lowest BCUT2D eigenvalue weighted by molar-refractivity contribution is 0.276. The average Bonchev–Trinajstić information content (AvgIpc) is 2.99. The van der Waals surface area contributed by atoms with E-state index in [0.29, 0.717) is 5.41 Å². The minimum Gasteiger partial charge on any atom is -0.316 e. The summed E-state index contributed by atoms with van der Waals surface area (Å²) in [5.74, 6) is 0. The van der Waals surface area contributed by atoms with Gasteiger partial charge in [0.1, 0.15) is 0 Å². The summed E-state index contributed by atoms with van der Waals surface area (Å²) in [5, 5.41) is 7.20. The van der Waals surface area contributed by atoms with Gasteiger partial charge in [0.15, 0.2) is 0 Å². The standard InChI is InChI=1S/C15H26N2S/c1-3-7-15(8-9-16-11-15)12-17-10-14-6-5-13(4-2)18-14/h5-6,16-17H,3-4,7-12H2,1-2H3. The molecule has 2 N–H and O–H groups in total. The summed E-state index contributed by atoms with van der Waals surface area (Å²) in [7, 11) is 0. The molecular weight excluding hydrogens is 240 g/mol. The quantitative estimate of drug-likeness (QED) is 0.792. The number of thiophene rings is 1. The van der Waals surface area contributed by atoms with Gasteiger partial charge in [-0.1, -0.05) is 20.3 Å². The molecule has 1 atom stereocenters. The van der Waals surface area contributed by atoms with E-state index in [1.165, 1.54) is 42.1 Å². The van der Waals surface area contributed by atoms with Crippen molar-refractivity contribution in [2.24, 2.45) is 5.41 Å². The molecule has 2 heterocycles. The Morgan fingerprint density at radius 2 is 2.17 bits per heavy atom. The third-order valence-electron chi connectivity index (χ3n) is 3.98. The Labute approximate surface area is 115 Å². The van der Waals surface area contributed by atoms with Gasteiger partial charge in [0, 0.05) is 29.4 Å². The van der Waals surface area contributed by atoms with E-state index in [9.17, 15) is 0 Å². The number of rotatable bonds is 7.